The molecule has 0 spiro atoms. The Labute approximate surface area is 119 Å². The highest BCUT2D eigenvalue weighted by molar-refractivity contribution is 6.17. The van der Waals surface area contributed by atoms with Crippen LogP contribution in [0, 0.1) is 5.92 Å². The first-order valence-corrected chi connectivity index (χ1v) is 7.58. The number of hydrogen-bond donors (Lipinski definition) is 0. The molecular formula is C14H23ClN4. The second-order valence-electron chi connectivity index (χ2n) is 5.40. The summed E-state index contributed by atoms with van der Waals surface area (Å²) in [6, 6.07) is 0. The number of alkyl halides is 1. The number of hydrogen-bond acceptors (Lipinski definition) is 2. The van der Waals surface area contributed by atoms with Crippen LogP contribution < -0.4 is 0 Å². The largest absolute Gasteiger partial charge is 0.313 e. The Bertz CT molecular complexity index is 553. The molecule has 0 aliphatic carbocycles. The molecule has 0 saturated carbocycles. The molecule has 0 N–H and O–H groups in total. The molecule has 19 heavy (non-hydrogen) atoms. The lowest BCUT2D eigenvalue weighted by Gasteiger charge is -2.10. The summed E-state index contributed by atoms with van der Waals surface area (Å²) < 4.78 is 4.25. The number of fused-ring (bicyclic) bond motifs is 1. The second kappa shape index (κ2) is 5.95. The van der Waals surface area contributed by atoms with Crippen molar-refractivity contribution in [1.82, 2.24) is 19.3 Å². The van der Waals surface area contributed by atoms with Crippen LogP contribution >= 0.6 is 11.6 Å². The topological polar surface area (TPSA) is 35.6 Å². The van der Waals surface area contributed by atoms with E-state index in [4.69, 9.17) is 16.6 Å². The van der Waals surface area contributed by atoms with E-state index in [0.717, 1.165) is 48.5 Å². The van der Waals surface area contributed by atoms with Gasteiger partial charge in [0, 0.05) is 25.9 Å². The predicted octanol–water partition coefficient (Wildman–Crippen LogP) is 3.16. The molecule has 2 aromatic heterocycles. The molecule has 0 atom stereocenters. The van der Waals surface area contributed by atoms with Crippen molar-refractivity contribution in [2.24, 2.45) is 13.0 Å². The fourth-order valence-corrected chi connectivity index (χ4v) is 2.59. The van der Waals surface area contributed by atoms with Crippen LogP contribution in [0.5, 0.6) is 0 Å². The average Bonchev–Trinajstić information content (AvgIpc) is 2.86. The van der Waals surface area contributed by atoms with Gasteiger partial charge < -0.3 is 4.57 Å². The highest BCUT2D eigenvalue weighted by Crippen LogP contribution is 2.21. The second-order valence-corrected chi connectivity index (χ2v) is 5.78. The third kappa shape index (κ3) is 2.78. The van der Waals surface area contributed by atoms with Gasteiger partial charge in [-0.05, 0) is 18.8 Å². The summed E-state index contributed by atoms with van der Waals surface area (Å²) in [7, 11) is 2.00. The molecule has 0 amide bonds. The number of aromatic nitrogens is 4. The lowest BCUT2D eigenvalue weighted by atomic mass is 10.1. The van der Waals surface area contributed by atoms with Crippen molar-refractivity contribution in [1.29, 1.82) is 0 Å². The van der Waals surface area contributed by atoms with Crippen molar-refractivity contribution in [3.05, 3.63) is 11.5 Å². The summed E-state index contributed by atoms with van der Waals surface area (Å²) in [6.45, 7) is 7.60. The average molecular weight is 283 g/mol. The maximum absolute atomic E-state index is 5.90. The Morgan fingerprint density at radius 3 is 2.63 bits per heavy atom. The molecule has 0 radical (unpaired) electrons. The van der Waals surface area contributed by atoms with E-state index in [0.29, 0.717) is 11.8 Å². The van der Waals surface area contributed by atoms with Crippen LogP contribution in [0.4, 0.5) is 0 Å². The smallest absolute Gasteiger partial charge is 0.158 e. The van der Waals surface area contributed by atoms with E-state index in [1.807, 2.05) is 11.7 Å². The summed E-state index contributed by atoms with van der Waals surface area (Å²) in [6.07, 6.45) is 2.88. The lowest BCUT2D eigenvalue weighted by molar-refractivity contribution is 0.507. The number of nitrogens with zero attached hydrogens (tertiary/aromatic N) is 4. The number of halogens is 1. The monoisotopic (exact) mass is 282 g/mol. The minimum atomic E-state index is 0.611. The fourth-order valence-electron chi connectivity index (χ4n) is 2.42. The maximum atomic E-state index is 5.90. The third-order valence-electron chi connectivity index (χ3n) is 3.45. The van der Waals surface area contributed by atoms with E-state index in [1.54, 1.807) is 0 Å². The van der Waals surface area contributed by atoms with Gasteiger partial charge in [-0.15, -0.1) is 11.6 Å². The molecule has 2 heterocycles. The van der Waals surface area contributed by atoms with Crippen molar-refractivity contribution in [2.45, 2.75) is 46.6 Å². The highest BCUT2D eigenvalue weighted by atomic mass is 35.5. The Morgan fingerprint density at radius 2 is 2.05 bits per heavy atom. The van der Waals surface area contributed by atoms with Crippen LogP contribution in [0.2, 0.25) is 0 Å². The Hall–Kier alpha value is -1.03. The van der Waals surface area contributed by atoms with E-state index in [9.17, 15) is 0 Å². The number of imidazole rings is 1. The first kappa shape index (κ1) is 14.4. The normalized spacial score (nSPS) is 11.9. The molecule has 106 valence electrons. The van der Waals surface area contributed by atoms with Gasteiger partial charge in [-0.25, -0.2) is 4.98 Å². The van der Waals surface area contributed by atoms with Gasteiger partial charge in [-0.2, -0.15) is 5.10 Å². The minimum absolute atomic E-state index is 0.611. The van der Waals surface area contributed by atoms with Gasteiger partial charge in [-0.1, -0.05) is 20.8 Å². The first-order valence-electron chi connectivity index (χ1n) is 7.05. The first-order chi connectivity index (χ1) is 9.08. The molecule has 0 aromatic carbocycles. The Balaban J connectivity index is 2.49. The molecule has 0 aliphatic rings. The van der Waals surface area contributed by atoms with Gasteiger partial charge in [0.05, 0.1) is 5.69 Å². The van der Waals surface area contributed by atoms with Crippen LogP contribution in [0.25, 0.3) is 11.2 Å². The van der Waals surface area contributed by atoms with Gasteiger partial charge in [0.25, 0.3) is 0 Å². The summed E-state index contributed by atoms with van der Waals surface area (Å²) >= 11 is 5.90. The van der Waals surface area contributed by atoms with E-state index in [-0.39, 0.29) is 0 Å². The molecular weight excluding hydrogens is 260 g/mol. The van der Waals surface area contributed by atoms with E-state index in [2.05, 4.69) is 30.4 Å². The molecule has 5 heteroatoms. The minimum Gasteiger partial charge on any atom is -0.313 e. The zero-order chi connectivity index (χ0) is 14.0. The van der Waals surface area contributed by atoms with Crippen LogP contribution in [-0.2, 0) is 26.4 Å². The van der Waals surface area contributed by atoms with E-state index < -0.39 is 0 Å². The van der Waals surface area contributed by atoms with Crippen LogP contribution in [0.15, 0.2) is 0 Å². The van der Waals surface area contributed by atoms with Gasteiger partial charge in [0.1, 0.15) is 11.3 Å². The summed E-state index contributed by atoms with van der Waals surface area (Å²) in [5.74, 6) is 2.38. The SMILES string of the molecule is CCc1nn(C)c2c1nc(CCCl)n2CCC(C)C. The van der Waals surface area contributed by atoms with Crippen molar-refractivity contribution in [2.75, 3.05) is 5.88 Å². The molecule has 0 fully saturated rings. The summed E-state index contributed by atoms with van der Waals surface area (Å²) in [5.41, 5.74) is 3.27. The Morgan fingerprint density at radius 1 is 1.32 bits per heavy atom. The summed E-state index contributed by atoms with van der Waals surface area (Å²) in [4.78, 5) is 4.77. The number of rotatable bonds is 6. The molecule has 2 aromatic rings. The van der Waals surface area contributed by atoms with E-state index in [1.165, 1.54) is 0 Å². The van der Waals surface area contributed by atoms with Crippen molar-refractivity contribution < 1.29 is 0 Å². The molecule has 0 unspecified atom stereocenters. The standard InChI is InChI=1S/C14H23ClN4/c1-5-11-13-14(18(4)17-11)19(9-7-10(2)3)12(16-13)6-8-15/h10H,5-9H2,1-4H3. The molecule has 0 saturated heterocycles. The van der Waals surface area contributed by atoms with Crippen LogP contribution in [0.1, 0.15) is 38.7 Å². The van der Waals surface area contributed by atoms with Crippen molar-refractivity contribution in [3.63, 3.8) is 0 Å². The fraction of sp³-hybridized carbons (Fsp3) is 0.714. The van der Waals surface area contributed by atoms with Gasteiger partial charge >= 0.3 is 0 Å². The number of aryl methyl sites for hydroxylation is 4. The van der Waals surface area contributed by atoms with Crippen LogP contribution in [-0.4, -0.2) is 25.2 Å². The van der Waals surface area contributed by atoms with Gasteiger partial charge in [0.2, 0.25) is 0 Å². The lowest BCUT2D eigenvalue weighted by Crippen LogP contribution is -2.10. The predicted molar refractivity (Wildman–Crippen MR) is 79.8 cm³/mol. The molecule has 2 rings (SSSR count). The maximum Gasteiger partial charge on any atom is 0.158 e. The molecule has 0 bridgehead atoms. The van der Waals surface area contributed by atoms with Gasteiger partial charge in [-0.3, -0.25) is 4.68 Å². The summed E-state index contributed by atoms with van der Waals surface area (Å²) in [5, 5.41) is 4.56. The quantitative estimate of drug-likeness (QED) is 0.763. The van der Waals surface area contributed by atoms with Crippen molar-refractivity contribution in [3.8, 4) is 0 Å². The Kier molecular flexibility index (Phi) is 4.50. The van der Waals surface area contributed by atoms with E-state index >= 15 is 0 Å². The molecule has 0 aliphatic heterocycles. The third-order valence-corrected chi connectivity index (χ3v) is 3.64. The van der Waals surface area contributed by atoms with Crippen LogP contribution in [0.3, 0.4) is 0 Å². The zero-order valence-corrected chi connectivity index (χ0v) is 13.0. The highest BCUT2D eigenvalue weighted by Gasteiger charge is 2.18. The van der Waals surface area contributed by atoms with Gasteiger partial charge in [0.15, 0.2) is 5.65 Å². The van der Waals surface area contributed by atoms with Crippen molar-refractivity contribution >= 4 is 22.8 Å². The zero-order valence-electron chi connectivity index (χ0n) is 12.3. The molecule has 4 nitrogen and oxygen atoms in total.